The lowest BCUT2D eigenvalue weighted by Gasteiger charge is -2.39. The van der Waals surface area contributed by atoms with E-state index in [1.54, 1.807) is 0 Å². The highest BCUT2D eigenvalue weighted by Gasteiger charge is 2.36. The quantitative estimate of drug-likeness (QED) is 0.928. The Morgan fingerprint density at radius 2 is 1.92 bits per heavy atom. The molecule has 1 N–H and O–H groups in total. The van der Waals surface area contributed by atoms with Gasteiger partial charge in [-0.25, -0.2) is 0 Å². The summed E-state index contributed by atoms with van der Waals surface area (Å²) < 4.78 is 5.99. The van der Waals surface area contributed by atoms with Crippen LogP contribution in [-0.4, -0.2) is 42.1 Å². The first-order valence-electron chi connectivity index (χ1n) is 9.41. The number of piperidine rings is 1. The molecule has 4 atom stereocenters. The van der Waals surface area contributed by atoms with Crippen molar-refractivity contribution in [3.63, 3.8) is 0 Å². The molecule has 1 aromatic rings. The second-order valence-electron chi connectivity index (χ2n) is 7.81. The van der Waals surface area contributed by atoms with Crippen molar-refractivity contribution in [2.24, 2.45) is 5.92 Å². The number of morpholine rings is 1. The molecule has 130 valence electrons. The summed E-state index contributed by atoms with van der Waals surface area (Å²) in [5.41, 5.74) is 1.17. The van der Waals surface area contributed by atoms with Crippen LogP contribution in [0.1, 0.15) is 50.7 Å². The molecule has 1 amide bonds. The molecule has 4 rings (SSSR count). The lowest BCUT2D eigenvalue weighted by Crippen LogP contribution is -2.49. The molecule has 3 aliphatic rings. The van der Waals surface area contributed by atoms with E-state index < -0.39 is 0 Å². The second kappa shape index (κ2) is 6.85. The molecular formula is C20H28N2O2. The number of carbonyl (C=O) groups excluding carboxylic acids is 1. The molecule has 4 unspecified atom stereocenters. The predicted octanol–water partition coefficient (Wildman–Crippen LogP) is 2.90. The minimum Gasteiger partial charge on any atom is -0.370 e. The van der Waals surface area contributed by atoms with E-state index in [-0.39, 0.29) is 12.1 Å². The first kappa shape index (κ1) is 16.1. The molecule has 0 spiro atoms. The van der Waals surface area contributed by atoms with E-state index in [9.17, 15) is 4.79 Å². The highest BCUT2D eigenvalue weighted by atomic mass is 16.5. The average Bonchev–Trinajstić information content (AvgIpc) is 2.94. The van der Waals surface area contributed by atoms with Crippen LogP contribution in [-0.2, 0) is 9.53 Å². The van der Waals surface area contributed by atoms with Gasteiger partial charge in [-0.1, -0.05) is 30.3 Å². The third-order valence-corrected chi connectivity index (χ3v) is 5.96. The molecule has 3 saturated heterocycles. The van der Waals surface area contributed by atoms with Gasteiger partial charge in [-0.3, -0.25) is 4.79 Å². The molecule has 3 heterocycles. The number of hydrogen-bond acceptors (Lipinski definition) is 3. The highest BCUT2D eigenvalue weighted by Crippen LogP contribution is 2.34. The number of carbonyl (C=O) groups is 1. The second-order valence-corrected chi connectivity index (χ2v) is 7.81. The average molecular weight is 328 g/mol. The van der Waals surface area contributed by atoms with Crippen molar-refractivity contribution in [1.82, 2.24) is 10.2 Å². The van der Waals surface area contributed by atoms with Crippen molar-refractivity contribution < 1.29 is 9.53 Å². The van der Waals surface area contributed by atoms with Gasteiger partial charge in [0.25, 0.3) is 0 Å². The molecule has 0 aromatic heterocycles. The van der Waals surface area contributed by atoms with Crippen LogP contribution in [0.5, 0.6) is 0 Å². The fraction of sp³-hybridized carbons (Fsp3) is 0.650. The Bertz CT molecular complexity index is 564. The van der Waals surface area contributed by atoms with E-state index in [0.717, 1.165) is 0 Å². The summed E-state index contributed by atoms with van der Waals surface area (Å²) in [6, 6.07) is 11.8. The van der Waals surface area contributed by atoms with Crippen LogP contribution in [0.15, 0.2) is 30.3 Å². The van der Waals surface area contributed by atoms with Gasteiger partial charge in [0, 0.05) is 18.5 Å². The van der Waals surface area contributed by atoms with Gasteiger partial charge in [0.2, 0.25) is 5.91 Å². The van der Waals surface area contributed by atoms with Crippen molar-refractivity contribution in [3.8, 4) is 0 Å². The summed E-state index contributed by atoms with van der Waals surface area (Å²) in [6.07, 6.45) is 5.64. The molecule has 0 radical (unpaired) electrons. The van der Waals surface area contributed by atoms with Gasteiger partial charge in [-0.2, -0.15) is 0 Å². The van der Waals surface area contributed by atoms with Crippen LogP contribution in [0.4, 0.5) is 0 Å². The molecule has 3 fully saturated rings. The zero-order chi connectivity index (χ0) is 16.5. The van der Waals surface area contributed by atoms with Gasteiger partial charge in [-0.15, -0.1) is 0 Å². The SMILES string of the molecule is CC1COC(c2ccccc2)CN1C(=O)CC1CC2CCC(C1)N2. The van der Waals surface area contributed by atoms with Crippen LogP contribution < -0.4 is 5.32 Å². The van der Waals surface area contributed by atoms with Gasteiger partial charge >= 0.3 is 0 Å². The Labute approximate surface area is 144 Å². The largest absolute Gasteiger partial charge is 0.370 e. The molecule has 0 saturated carbocycles. The molecule has 2 bridgehead atoms. The van der Waals surface area contributed by atoms with Crippen LogP contribution in [0.3, 0.4) is 0 Å². The normalized spacial score (nSPS) is 35.9. The standard InChI is InChI=1S/C20H28N2O2/c1-14-13-24-19(16-5-3-2-4-6-16)12-22(14)20(23)11-15-9-17-7-8-18(10-15)21-17/h2-6,14-15,17-19,21H,7-13H2,1H3. The monoisotopic (exact) mass is 328 g/mol. The van der Waals surface area contributed by atoms with Crippen molar-refractivity contribution in [2.45, 2.75) is 63.3 Å². The number of fused-ring (bicyclic) bond motifs is 2. The van der Waals surface area contributed by atoms with Gasteiger partial charge in [0.1, 0.15) is 6.10 Å². The predicted molar refractivity (Wildman–Crippen MR) is 93.6 cm³/mol. The van der Waals surface area contributed by atoms with Gasteiger partial charge in [0.15, 0.2) is 0 Å². The molecule has 0 aliphatic carbocycles. The van der Waals surface area contributed by atoms with Crippen molar-refractivity contribution in [3.05, 3.63) is 35.9 Å². The Balaban J connectivity index is 1.39. The Hall–Kier alpha value is -1.39. The number of amides is 1. The third kappa shape index (κ3) is 3.35. The molecule has 24 heavy (non-hydrogen) atoms. The summed E-state index contributed by atoms with van der Waals surface area (Å²) in [5, 5.41) is 3.67. The Morgan fingerprint density at radius 3 is 2.62 bits per heavy atom. The fourth-order valence-corrected chi connectivity index (χ4v) is 4.68. The number of ether oxygens (including phenoxy) is 1. The maximum Gasteiger partial charge on any atom is 0.223 e. The van der Waals surface area contributed by atoms with E-state index in [2.05, 4.69) is 29.3 Å². The number of rotatable bonds is 3. The van der Waals surface area contributed by atoms with E-state index in [1.165, 1.54) is 31.2 Å². The summed E-state index contributed by atoms with van der Waals surface area (Å²) in [6.45, 7) is 3.41. The summed E-state index contributed by atoms with van der Waals surface area (Å²) >= 11 is 0. The molecule has 4 heteroatoms. The van der Waals surface area contributed by atoms with Crippen LogP contribution >= 0.6 is 0 Å². The van der Waals surface area contributed by atoms with E-state index >= 15 is 0 Å². The molecule has 1 aromatic carbocycles. The zero-order valence-corrected chi connectivity index (χ0v) is 14.5. The minimum atomic E-state index is 0.00977. The minimum absolute atomic E-state index is 0.00977. The number of hydrogen-bond donors (Lipinski definition) is 1. The Morgan fingerprint density at radius 1 is 1.21 bits per heavy atom. The van der Waals surface area contributed by atoms with E-state index in [4.69, 9.17) is 4.74 Å². The maximum absolute atomic E-state index is 12.9. The topological polar surface area (TPSA) is 41.6 Å². The van der Waals surface area contributed by atoms with Crippen molar-refractivity contribution in [1.29, 1.82) is 0 Å². The van der Waals surface area contributed by atoms with Crippen LogP contribution in [0, 0.1) is 5.92 Å². The van der Waals surface area contributed by atoms with Crippen LogP contribution in [0.2, 0.25) is 0 Å². The zero-order valence-electron chi connectivity index (χ0n) is 14.5. The summed E-state index contributed by atoms with van der Waals surface area (Å²) in [5.74, 6) is 0.875. The number of nitrogens with zero attached hydrogens (tertiary/aromatic N) is 1. The summed E-state index contributed by atoms with van der Waals surface area (Å²) in [7, 11) is 0. The third-order valence-electron chi connectivity index (χ3n) is 5.96. The molecule has 3 aliphatic heterocycles. The van der Waals surface area contributed by atoms with Crippen molar-refractivity contribution in [2.75, 3.05) is 13.2 Å². The van der Waals surface area contributed by atoms with E-state index in [1.807, 2.05) is 18.2 Å². The van der Waals surface area contributed by atoms with Gasteiger partial charge < -0.3 is 15.0 Å². The smallest absolute Gasteiger partial charge is 0.223 e. The fourth-order valence-electron chi connectivity index (χ4n) is 4.68. The number of nitrogens with one attached hydrogen (secondary N) is 1. The van der Waals surface area contributed by atoms with Crippen molar-refractivity contribution >= 4 is 5.91 Å². The maximum atomic E-state index is 12.9. The first-order chi connectivity index (χ1) is 11.7. The Kier molecular flexibility index (Phi) is 4.59. The highest BCUT2D eigenvalue weighted by molar-refractivity contribution is 5.77. The lowest BCUT2D eigenvalue weighted by molar-refractivity contribution is -0.145. The summed E-state index contributed by atoms with van der Waals surface area (Å²) in [4.78, 5) is 15.0. The molecule has 4 nitrogen and oxygen atoms in total. The van der Waals surface area contributed by atoms with E-state index in [0.29, 0.717) is 43.5 Å². The molecular weight excluding hydrogens is 300 g/mol. The van der Waals surface area contributed by atoms with Gasteiger partial charge in [-0.05, 0) is 44.1 Å². The number of benzene rings is 1. The van der Waals surface area contributed by atoms with Crippen LogP contribution in [0.25, 0.3) is 0 Å². The first-order valence-corrected chi connectivity index (χ1v) is 9.41. The lowest BCUT2D eigenvalue weighted by atomic mass is 9.89. The van der Waals surface area contributed by atoms with Gasteiger partial charge in [0.05, 0.1) is 19.2 Å².